The molecule has 0 amide bonds. The Bertz CT molecular complexity index is 1370. The van der Waals surface area contributed by atoms with Crippen LogP contribution in [0.5, 0.6) is 5.75 Å². The topological polar surface area (TPSA) is 32.6 Å². The minimum atomic E-state index is 0.181. The first-order valence-electron chi connectivity index (χ1n) is 9.75. The predicted octanol–water partition coefficient (Wildman–Crippen LogP) is 7.52. The lowest BCUT2D eigenvalue weighted by molar-refractivity contribution is 0.474. The molecule has 0 aromatic heterocycles. The first-order chi connectivity index (χ1) is 14.7. The summed E-state index contributed by atoms with van der Waals surface area (Å²) in [6.07, 6.45) is 0. The van der Waals surface area contributed by atoms with Gasteiger partial charge in [-0.05, 0) is 51.9 Å². The van der Waals surface area contributed by atoms with Crippen molar-refractivity contribution >= 4 is 44.5 Å². The zero-order chi connectivity index (χ0) is 20.5. The number of phenols is 1. The molecule has 144 valence electrons. The molecule has 0 radical (unpaired) electrons. The predicted molar refractivity (Wildman–Crippen MR) is 126 cm³/mol. The molecule has 0 bridgehead atoms. The van der Waals surface area contributed by atoms with E-state index in [0.29, 0.717) is 22.0 Å². The van der Waals surface area contributed by atoms with Crippen LogP contribution in [0.4, 0.5) is 5.69 Å². The van der Waals surface area contributed by atoms with Crippen LogP contribution in [0.3, 0.4) is 0 Å². The molecule has 0 atom stereocenters. The summed E-state index contributed by atoms with van der Waals surface area (Å²) in [4.78, 5) is 4.98. The molecule has 5 aromatic rings. The number of aromatic hydroxyl groups is 1. The number of fused-ring (bicyclic) bond motifs is 2. The third-order valence-corrected chi connectivity index (χ3v) is 5.57. The van der Waals surface area contributed by atoms with Gasteiger partial charge in [0.25, 0.3) is 0 Å². The Morgan fingerprint density at radius 3 is 1.90 bits per heavy atom. The Morgan fingerprint density at radius 1 is 0.667 bits per heavy atom. The second-order valence-corrected chi connectivity index (χ2v) is 7.53. The number of hydrogen-bond acceptors (Lipinski definition) is 2. The Labute approximate surface area is 179 Å². The van der Waals surface area contributed by atoms with E-state index in [0.717, 1.165) is 27.1 Å². The average molecular weight is 408 g/mol. The number of aliphatic imine (C=N–C) groups is 1. The largest absolute Gasteiger partial charge is 0.507 e. The van der Waals surface area contributed by atoms with Gasteiger partial charge in [-0.3, -0.25) is 0 Å². The maximum atomic E-state index is 10.7. The molecule has 0 unspecified atom stereocenters. The van der Waals surface area contributed by atoms with Crippen LogP contribution >= 0.6 is 11.6 Å². The summed E-state index contributed by atoms with van der Waals surface area (Å²) in [5.74, 6) is 0.181. The molecule has 0 aliphatic carbocycles. The van der Waals surface area contributed by atoms with Gasteiger partial charge in [-0.15, -0.1) is 0 Å². The first-order valence-corrected chi connectivity index (χ1v) is 10.1. The number of halogens is 1. The van der Waals surface area contributed by atoms with Crippen LogP contribution in [0.25, 0.3) is 21.5 Å². The van der Waals surface area contributed by atoms with E-state index < -0.39 is 0 Å². The number of nitrogens with zero attached hydrogens (tertiary/aromatic N) is 1. The lowest BCUT2D eigenvalue weighted by Gasteiger charge is -2.16. The van der Waals surface area contributed by atoms with Crippen LogP contribution in [-0.2, 0) is 0 Å². The van der Waals surface area contributed by atoms with Gasteiger partial charge in [-0.1, -0.05) is 84.4 Å². The van der Waals surface area contributed by atoms with Crippen molar-refractivity contribution in [3.8, 4) is 5.75 Å². The number of hydrogen-bond donors (Lipinski definition) is 1. The third kappa shape index (κ3) is 3.22. The van der Waals surface area contributed by atoms with E-state index in [-0.39, 0.29) is 5.75 Å². The van der Waals surface area contributed by atoms with Crippen molar-refractivity contribution in [2.45, 2.75) is 0 Å². The molecule has 0 saturated carbocycles. The molecule has 0 heterocycles. The average Bonchev–Trinajstić information content (AvgIpc) is 2.78. The van der Waals surface area contributed by atoms with E-state index in [9.17, 15) is 5.11 Å². The number of rotatable bonds is 3. The second kappa shape index (κ2) is 7.66. The van der Waals surface area contributed by atoms with Crippen molar-refractivity contribution in [2.24, 2.45) is 4.99 Å². The number of para-hydroxylation sites is 2. The number of phenolic OH excluding ortho intramolecular Hbond substituents is 1. The van der Waals surface area contributed by atoms with Crippen LogP contribution in [0, 0.1) is 0 Å². The van der Waals surface area contributed by atoms with Crippen LogP contribution in [0.1, 0.15) is 11.1 Å². The summed E-state index contributed by atoms with van der Waals surface area (Å²) in [6, 6.07) is 33.5. The molecule has 5 rings (SSSR count). The Hall–Kier alpha value is -3.62. The van der Waals surface area contributed by atoms with Gasteiger partial charge in [0.15, 0.2) is 0 Å². The highest BCUT2D eigenvalue weighted by molar-refractivity contribution is 6.34. The standard InChI is InChI=1S/C27H18ClNO/c28-23-14-6-7-15-24(23)29-27(22-13-5-8-16-25(22)30)26-20-11-3-1-9-18(20)17-19-10-2-4-12-21(19)26/h1-17,30H. The minimum Gasteiger partial charge on any atom is -0.507 e. The van der Waals surface area contributed by atoms with E-state index in [1.165, 1.54) is 0 Å². The summed E-state index contributed by atoms with van der Waals surface area (Å²) < 4.78 is 0. The SMILES string of the molecule is Oc1ccccc1C(=Nc1ccccc1Cl)c1c2ccccc2cc2ccccc12. The van der Waals surface area contributed by atoms with Crippen molar-refractivity contribution in [3.63, 3.8) is 0 Å². The van der Waals surface area contributed by atoms with E-state index in [2.05, 4.69) is 30.3 Å². The van der Waals surface area contributed by atoms with Crippen molar-refractivity contribution in [3.05, 3.63) is 119 Å². The summed E-state index contributed by atoms with van der Waals surface area (Å²) >= 11 is 6.45. The Kier molecular flexibility index (Phi) is 4.70. The molecular weight excluding hydrogens is 390 g/mol. The van der Waals surface area contributed by atoms with Gasteiger partial charge in [0.05, 0.1) is 16.4 Å². The molecule has 0 saturated heterocycles. The van der Waals surface area contributed by atoms with Crippen molar-refractivity contribution < 1.29 is 5.11 Å². The fraction of sp³-hybridized carbons (Fsp3) is 0. The van der Waals surface area contributed by atoms with E-state index >= 15 is 0 Å². The molecule has 30 heavy (non-hydrogen) atoms. The maximum Gasteiger partial charge on any atom is 0.124 e. The minimum absolute atomic E-state index is 0.181. The molecule has 3 heteroatoms. The molecule has 2 nitrogen and oxygen atoms in total. The van der Waals surface area contributed by atoms with Crippen LogP contribution < -0.4 is 0 Å². The maximum absolute atomic E-state index is 10.7. The smallest absolute Gasteiger partial charge is 0.124 e. The van der Waals surface area contributed by atoms with E-state index in [1.54, 1.807) is 6.07 Å². The monoisotopic (exact) mass is 407 g/mol. The van der Waals surface area contributed by atoms with Crippen molar-refractivity contribution in [1.29, 1.82) is 0 Å². The molecule has 1 N–H and O–H groups in total. The second-order valence-electron chi connectivity index (χ2n) is 7.12. The molecule has 0 aliphatic heterocycles. The summed E-state index contributed by atoms with van der Waals surface area (Å²) in [7, 11) is 0. The molecule has 5 aromatic carbocycles. The zero-order valence-electron chi connectivity index (χ0n) is 16.1. The Balaban J connectivity index is 1.95. The zero-order valence-corrected chi connectivity index (χ0v) is 16.8. The van der Waals surface area contributed by atoms with Gasteiger partial charge in [-0.25, -0.2) is 4.99 Å². The summed E-state index contributed by atoms with van der Waals surface area (Å²) in [6.45, 7) is 0. The lowest BCUT2D eigenvalue weighted by atomic mass is 9.90. The van der Waals surface area contributed by atoms with E-state index in [1.807, 2.05) is 66.7 Å². The highest BCUT2D eigenvalue weighted by atomic mass is 35.5. The summed E-state index contributed by atoms with van der Waals surface area (Å²) in [5, 5.41) is 15.7. The quantitative estimate of drug-likeness (QED) is 0.243. The van der Waals surface area contributed by atoms with Gasteiger partial charge in [0, 0.05) is 11.1 Å². The highest BCUT2D eigenvalue weighted by Gasteiger charge is 2.18. The molecule has 0 aliphatic rings. The van der Waals surface area contributed by atoms with Gasteiger partial charge in [0.1, 0.15) is 5.75 Å². The highest BCUT2D eigenvalue weighted by Crippen LogP contribution is 2.35. The fourth-order valence-electron chi connectivity index (χ4n) is 3.86. The summed E-state index contributed by atoms with van der Waals surface area (Å²) in [5.41, 5.74) is 2.99. The first kappa shape index (κ1) is 18.4. The van der Waals surface area contributed by atoms with Gasteiger partial charge in [0.2, 0.25) is 0 Å². The fourth-order valence-corrected chi connectivity index (χ4v) is 4.03. The molecular formula is C27H18ClNO. The van der Waals surface area contributed by atoms with Gasteiger partial charge in [-0.2, -0.15) is 0 Å². The van der Waals surface area contributed by atoms with E-state index in [4.69, 9.17) is 16.6 Å². The molecule has 0 fully saturated rings. The Morgan fingerprint density at radius 2 is 1.23 bits per heavy atom. The normalized spacial score (nSPS) is 11.8. The number of benzene rings is 5. The van der Waals surface area contributed by atoms with Crippen molar-refractivity contribution in [2.75, 3.05) is 0 Å². The van der Waals surface area contributed by atoms with Gasteiger partial charge >= 0.3 is 0 Å². The third-order valence-electron chi connectivity index (χ3n) is 5.25. The van der Waals surface area contributed by atoms with Crippen LogP contribution in [-0.4, -0.2) is 10.8 Å². The molecule has 0 spiro atoms. The van der Waals surface area contributed by atoms with Gasteiger partial charge < -0.3 is 5.11 Å². The van der Waals surface area contributed by atoms with Crippen LogP contribution in [0.15, 0.2) is 108 Å². The van der Waals surface area contributed by atoms with Crippen molar-refractivity contribution in [1.82, 2.24) is 0 Å². The lowest BCUT2D eigenvalue weighted by Crippen LogP contribution is -2.06. The van der Waals surface area contributed by atoms with Crippen LogP contribution in [0.2, 0.25) is 5.02 Å².